The minimum atomic E-state index is -0.137. The molecule has 13 rings (SSSR count). The Kier molecular flexibility index (Phi) is 8.29. The van der Waals surface area contributed by atoms with Crippen molar-refractivity contribution in [3.8, 4) is 67.0 Å². The summed E-state index contributed by atoms with van der Waals surface area (Å²) in [5.74, 6) is 0. The minimum absolute atomic E-state index is 0.137. The Bertz CT molecular complexity index is 3820. The van der Waals surface area contributed by atoms with Crippen LogP contribution in [0, 0.1) is 0 Å². The summed E-state index contributed by atoms with van der Waals surface area (Å²) in [6, 6.07) is 85.3. The van der Waals surface area contributed by atoms with Crippen LogP contribution in [0.3, 0.4) is 0 Å². The van der Waals surface area contributed by atoms with Crippen molar-refractivity contribution in [3.05, 3.63) is 242 Å². The Hall–Kier alpha value is -8.20. The predicted molar refractivity (Wildman–Crippen MR) is 274 cm³/mol. The summed E-state index contributed by atoms with van der Waals surface area (Å²) in [6.07, 6.45) is 0. The molecule has 12 aromatic rings. The van der Waals surface area contributed by atoms with Crippen LogP contribution in [0.5, 0.6) is 0 Å². The first kappa shape index (κ1) is 37.4. The second-order valence-corrected chi connectivity index (χ2v) is 18.2. The lowest BCUT2D eigenvalue weighted by Crippen LogP contribution is -2.15. The molecule has 65 heavy (non-hydrogen) atoms. The van der Waals surface area contributed by atoms with Crippen LogP contribution in [0.1, 0.15) is 25.0 Å². The summed E-state index contributed by atoms with van der Waals surface area (Å²) in [5, 5.41) is 4.98. The molecule has 0 unspecified atom stereocenters. The lowest BCUT2D eigenvalue weighted by atomic mass is 9.82. The molecule has 0 saturated heterocycles. The van der Waals surface area contributed by atoms with Crippen molar-refractivity contribution in [2.24, 2.45) is 0 Å². The fourth-order valence-electron chi connectivity index (χ4n) is 10.9. The minimum Gasteiger partial charge on any atom is -0.309 e. The molecule has 10 aromatic carbocycles. The molecule has 1 aliphatic rings. The van der Waals surface area contributed by atoms with E-state index >= 15 is 0 Å². The van der Waals surface area contributed by atoms with E-state index in [-0.39, 0.29) is 5.41 Å². The Balaban J connectivity index is 1.08. The van der Waals surface area contributed by atoms with Gasteiger partial charge in [0.1, 0.15) is 0 Å². The molecule has 0 fully saturated rings. The average Bonchev–Trinajstić information content (AvgIpc) is 3.95. The summed E-state index contributed by atoms with van der Waals surface area (Å²) in [4.78, 5) is 0. The van der Waals surface area contributed by atoms with Gasteiger partial charge in [0.05, 0.1) is 22.1 Å². The molecular formula is C63H44N2. The summed E-state index contributed by atoms with van der Waals surface area (Å²) < 4.78 is 4.94. The molecule has 2 aromatic heterocycles. The highest BCUT2D eigenvalue weighted by molar-refractivity contribution is 6.14. The zero-order valence-electron chi connectivity index (χ0n) is 36.3. The van der Waals surface area contributed by atoms with Crippen LogP contribution in [0.15, 0.2) is 231 Å². The molecule has 0 amide bonds. The molecule has 0 spiro atoms. The van der Waals surface area contributed by atoms with Crippen LogP contribution in [0.4, 0.5) is 0 Å². The summed E-state index contributed by atoms with van der Waals surface area (Å²) in [5.41, 5.74) is 22.0. The van der Waals surface area contributed by atoms with Gasteiger partial charge in [-0.25, -0.2) is 0 Å². The van der Waals surface area contributed by atoms with E-state index in [0.29, 0.717) is 0 Å². The summed E-state index contributed by atoms with van der Waals surface area (Å²) in [7, 11) is 0. The number of benzene rings is 10. The second kappa shape index (κ2) is 14.4. The predicted octanol–water partition coefficient (Wildman–Crippen LogP) is 16.9. The van der Waals surface area contributed by atoms with Crippen LogP contribution in [-0.4, -0.2) is 9.13 Å². The molecule has 0 radical (unpaired) electrons. The SMILES string of the molecule is CC1(C)c2ccccc2-c2cc3c4cc(-c5ccccc5)ccc4n(-c4cc(-c5ccccc5)cc(-c5ccc6c(c5)c5cc(-c7ccccc7)ccc5n6-c5ccccc5)c4)c3cc21. The van der Waals surface area contributed by atoms with Gasteiger partial charge in [-0.05, 0) is 146 Å². The highest BCUT2D eigenvalue weighted by Gasteiger charge is 2.36. The van der Waals surface area contributed by atoms with Gasteiger partial charge in [-0.1, -0.05) is 166 Å². The van der Waals surface area contributed by atoms with Crippen LogP contribution in [0.25, 0.3) is 111 Å². The Morgan fingerprint density at radius 1 is 0.262 bits per heavy atom. The first-order valence-corrected chi connectivity index (χ1v) is 22.7. The van der Waals surface area contributed by atoms with Crippen molar-refractivity contribution >= 4 is 43.6 Å². The van der Waals surface area contributed by atoms with Crippen LogP contribution in [0.2, 0.25) is 0 Å². The number of rotatable bonds is 6. The van der Waals surface area contributed by atoms with Crippen molar-refractivity contribution < 1.29 is 0 Å². The highest BCUT2D eigenvalue weighted by atomic mass is 15.0. The molecule has 0 bridgehead atoms. The van der Waals surface area contributed by atoms with Gasteiger partial charge in [0.15, 0.2) is 0 Å². The monoisotopic (exact) mass is 828 g/mol. The molecule has 306 valence electrons. The standard InChI is InChI=1S/C63H44N2/c1-63(2)57-26-16-15-25-51(57)52-39-56-55-37-45(42-19-9-4-10-20-42)28-31-61(55)65(62(56)40-58(52)63)50-34-47(43-21-11-5-12-22-43)33-48(35-50)46-29-32-60-54(38-46)53-36-44(41-17-7-3-8-18-41)27-30-59(53)64(60)49-23-13-6-14-24-49/h3-40H,1-2H3. The van der Waals surface area contributed by atoms with Gasteiger partial charge in [-0.3, -0.25) is 0 Å². The first-order chi connectivity index (χ1) is 32.0. The van der Waals surface area contributed by atoms with Gasteiger partial charge in [-0.2, -0.15) is 0 Å². The van der Waals surface area contributed by atoms with E-state index in [4.69, 9.17) is 0 Å². The van der Waals surface area contributed by atoms with Crippen molar-refractivity contribution in [1.82, 2.24) is 9.13 Å². The molecular weight excluding hydrogens is 785 g/mol. The van der Waals surface area contributed by atoms with Gasteiger partial charge in [0.25, 0.3) is 0 Å². The highest BCUT2D eigenvalue weighted by Crippen LogP contribution is 2.51. The lowest BCUT2D eigenvalue weighted by Gasteiger charge is -2.22. The van der Waals surface area contributed by atoms with Crippen molar-refractivity contribution in [1.29, 1.82) is 0 Å². The normalized spacial score (nSPS) is 12.9. The van der Waals surface area contributed by atoms with E-state index in [1.807, 2.05) is 0 Å². The molecule has 1 aliphatic carbocycles. The Morgan fingerprint density at radius 3 is 1.22 bits per heavy atom. The fourth-order valence-corrected chi connectivity index (χ4v) is 10.9. The topological polar surface area (TPSA) is 9.86 Å². The number of fused-ring (bicyclic) bond motifs is 9. The smallest absolute Gasteiger partial charge is 0.0544 e. The summed E-state index contributed by atoms with van der Waals surface area (Å²) >= 11 is 0. The van der Waals surface area contributed by atoms with Gasteiger partial charge < -0.3 is 9.13 Å². The number of hydrogen-bond donors (Lipinski definition) is 0. The first-order valence-electron chi connectivity index (χ1n) is 22.7. The molecule has 0 N–H and O–H groups in total. The van der Waals surface area contributed by atoms with Crippen LogP contribution >= 0.6 is 0 Å². The third-order valence-electron chi connectivity index (χ3n) is 14.1. The zero-order chi connectivity index (χ0) is 43.2. The lowest BCUT2D eigenvalue weighted by molar-refractivity contribution is 0.661. The molecule has 0 saturated carbocycles. The summed E-state index contributed by atoms with van der Waals surface area (Å²) in [6.45, 7) is 4.76. The number of aromatic nitrogens is 2. The fraction of sp³-hybridized carbons (Fsp3) is 0.0476. The Labute approximate surface area is 378 Å². The number of para-hydroxylation sites is 1. The molecule has 2 heterocycles. The zero-order valence-corrected chi connectivity index (χ0v) is 36.3. The van der Waals surface area contributed by atoms with Gasteiger partial charge in [0.2, 0.25) is 0 Å². The van der Waals surface area contributed by atoms with E-state index in [1.165, 1.54) is 110 Å². The molecule has 2 heteroatoms. The van der Waals surface area contributed by atoms with Gasteiger partial charge in [-0.15, -0.1) is 0 Å². The van der Waals surface area contributed by atoms with Crippen LogP contribution < -0.4 is 0 Å². The Morgan fingerprint density at radius 2 is 0.677 bits per heavy atom. The third-order valence-corrected chi connectivity index (χ3v) is 14.1. The van der Waals surface area contributed by atoms with Crippen molar-refractivity contribution in [2.45, 2.75) is 19.3 Å². The van der Waals surface area contributed by atoms with E-state index in [2.05, 4.69) is 254 Å². The van der Waals surface area contributed by atoms with Gasteiger partial charge >= 0.3 is 0 Å². The van der Waals surface area contributed by atoms with E-state index in [1.54, 1.807) is 0 Å². The van der Waals surface area contributed by atoms with Gasteiger partial charge in [0, 0.05) is 38.3 Å². The van der Waals surface area contributed by atoms with E-state index in [0.717, 1.165) is 11.4 Å². The quantitative estimate of drug-likeness (QED) is 0.158. The number of nitrogens with zero attached hydrogens (tertiary/aromatic N) is 2. The maximum atomic E-state index is 2.53. The maximum absolute atomic E-state index is 2.53. The van der Waals surface area contributed by atoms with Crippen molar-refractivity contribution in [2.75, 3.05) is 0 Å². The molecule has 2 nitrogen and oxygen atoms in total. The van der Waals surface area contributed by atoms with E-state index in [9.17, 15) is 0 Å². The average molecular weight is 829 g/mol. The second-order valence-electron chi connectivity index (χ2n) is 18.2. The molecule has 0 atom stereocenters. The number of hydrogen-bond acceptors (Lipinski definition) is 0. The van der Waals surface area contributed by atoms with Crippen LogP contribution in [-0.2, 0) is 5.41 Å². The third kappa shape index (κ3) is 5.88. The van der Waals surface area contributed by atoms with E-state index < -0.39 is 0 Å². The molecule has 0 aliphatic heterocycles. The van der Waals surface area contributed by atoms with Crippen molar-refractivity contribution in [3.63, 3.8) is 0 Å². The maximum Gasteiger partial charge on any atom is 0.0544 e. The largest absolute Gasteiger partial charge is 0.309 e.